The van der Waals surface area contributed by atoms with E-state index in [9.17, 15) is 13.2 Å². The van der Waals surface area contributed by atoms with E-state index in [0.717, 1.165) is 33.5 Å². The van der Waals surface area contributed by atoms with E-state index in [1.165, 1.54) is 5.56 Å². The zero-order valence-corrected chi connectivity index (χ0v) is 26.9. The van der Waals surface area contributed by atoms with Gasteiger partial charge < -0.3 is 9.84 Å². The van der Waals surface area contributed by atoms with Crippen LogP contribution < -0.4 is 5.32 Å². The van der Waals surface area contributed by atoms with Crippen molar-refractivity contribution in [2.75, 3.05) is 12.3 Å². The highest BCUT2D eigenvalue weighted by Gasteiger charge is 2.22. The van der Waals surface area contributed by atoms with E-state index in [0.29, 0.717) is 22.8 Å². The highest BCUT2D eigenvalue weighted by Crippen LogP contribution is 2.34. The van der Waals surface area contributed by atoms with Gasteiger partial charge in [-0.25, -0.2) is 0 Å². The number of nitrogens with one attached hydrogen (secondary N) is 1. The number of rotatable bonds is 10. The van der Waals surface area contributed by atoms with E-state index < -0.39 is 21.8 Å². The molecule has 0 aliphatic heterocycles. The highest BCUT2D eigenvalue weighted by molar-refractivity contribution is 7.85. The Hall–Kier alpha value is -4.24. The Balaban J connectivity index is 1.41. The maximum atomic E-state index is 12.5. The van der Waals surface area contributed by atoms with Gasteiger partial charge in [0.2, 0.25) is 0 Å². The molecule has 0 saturated heterocycles. The van der Waals surface area contributed by atoms with Crippen molar-refractivity contribution in [3.05, 3.63) is 136 Å². The predicted octanol–water partition coefficient (Wildman–Crippen LogP) is 7.95. The van der Waals surface area contributed by atoms with Crippen LogP contribution in [0.25, 0.3) is 22.5 Å². The number of aromatic nitrogens is 1. The normalized spacial score (nSPS) is 12.6. The molecule has 0 saturated carbocycles. The average molecular weight is 643 g/mol. The maximum absolute atomic E-state index is 12.5. The molecule has 1 aromatic heterocycles. The number of amides is 1. The number of halogens is 1. The van der Waals surface area contributed by atoms with Crippen molar-refractivity contribution in [2.24, 2.45) is 0 Å². The Bertz CT molecular complexity index is 1880. The van der Waals surface area contributed by atoms with E-state index in [1.54, 1.807) is 12.1 Å². The molecule has 45 heavy (non-hydrogen) atoms. The van der Waals surface area contributed by atoms with Gasteiger partial charge in [-0.2, -0.15) is 8.42 Å². The minimum atomic E-state index is -4.15. The summed E-state index contributed by atoms with van der Waals surface area (Å²) in [6, 6.07) is 33.5. The van der Waals surface area contributed by atoms with Gasteiger partial charge in [0, 0.05) is 34.7 Å². The van der Waals surface area contributed by atoms with Crippen LogP contribution in [0.3, 0.4) is 0 Å². The van der Waals surface area contributed by atoms with Crippen molar-refractivity contribution in [2.45, 2.75) is 38.5 Å². The molecule has 0 aliphatic carbocycles. The Morgan fingerprint density at radius 3 is 2.20 bits per heavy atom. The second kappa shape index (κ2) is 13.4. The topological polar surface area (TPSA) is 110 Å². The van der Waals surface area contributed by atoms with Crippen LogP contribution in [0.5, 0.6) is 0 Å². The minimum absolute atomic E-state index is 0.0158. The molecule has 9 heteroatoms. The molecule has 1 heterocycles. The molecule has 0 aliphatic rings. The van der Waals surface area contributed by atoms with Gasteiger partial charge in [0.15, 0.2) is 5.76 Å². The Morgan fingerprint density at radius 1 is 0.889 bits per heavy atom. The third kappa shape index (κ3) is 8.48. The van der Waals surface area contributed by atoms with Gasteiger partial charge in [-0.15, -0.1) is 0 Å². The summed E-state index contributed by atoms with van der Waals surface area (Å²) < 4.78 is 36.7. The molecule has 4 aromatic carbocycles. The van der Waals surface area contributed by atoms with Crippen molar-refractivity contribution in [1.82, 2.24) is 10.5 Å². The lowest BCUT2D eigenvalue weighted by Crippen LogP contribution is -2.28. The molecule has 5 aromatic rings. The monoisotopic (exact) mass is 642 g/mol. The van der Waals surface area contributed by atoms with Gasteiger partial charge in [-0.05, 0) is 70.0 Å². The molecule has 5 rings (SSSR count). The fourth-order valence-corrected chi connectivity index (χ4v) is 5.60. The van der Waals surface area contributed by atoms with Gasteiger partial charge in [0.1, 0.15) is 0 Å². The molecule has 0 spiro atoms. The second-order valence-corrected chi connectivity index (χ2v) is 14.1. The Kier molecular flexibility index (Phi) is 9.58. The number of hydrogen-bond acceptors (Lipinski definition) is 5. The maximum Gasteiger partial charge on any atom is 0.266 e. The molecule has 0 radical (unpaired) electrons. The first-order chi connectivity index (χ1) is 21.4. The molecular weight excluding hydrogens is 608 g/mol. The first-order valence-electron chi connectivity index (χ1n) is 14.6. The number of hydrogen-bond donors (Lipinski definition) is 2. The number of nitrogens with zero attached hydrogens (tertiary/aromatic N) is 1. The Labute approximate surface area is 269 Å². The predicted molar refractivity (Wildman–Crippen MR) is 178 cm³/mol. The summed E-state index contributed by atoms with van der Waals surface area (Å²) >= 11 is 6.08. The van der Waals surface area contributed by atoms with E-state index in [2.05, 4.69) is 61.6 Å². The third-order valence-corrected chi connectivity index (χ3v) is 8.66. The van der Waals surface area contributed by atoms with E-state index >= 15 is 0 Å². The summed E-state index contributed by atoms with van der Waals surface area (Å²) in [5.74, 6) is -0.418. The van der Waals surface area contributed by atoms with Crippen LogP contribution in [0.1, 0.15) is 59.4 Å². The Morgan fingerprint density at radius 2 is 1.56 bits per heavy atom. The van der Waals surface area contributed by atoms with Crippen LogP contribution in [-0.4, -0.2) is 36.3 Å². The van der Waals surface area contributed by atoms with Crippen LogP contribution in [0.4, 0.5) is 0 Å². The molecule has 0 unspecified atom stereocenters. The standard InChI is InChI=1S/C36H35ClN2O5S/c1-36(2,3)30-15-11-26(12-16-30)32(21-24-7-9-27(10-8-24)35(40)38-19-20-45(41,42)43)33-23-34(44-39-33)29-6-4-5-28(22-29)25-13-17-31(37)18-14-25/h4-18,22-23,32H,19-21H2,1-3H3,(H,38,40)(H,41,42,43)/t32-/m1/s1. The largest absolute Gasteiger partial charge is 0.356 e. The third-order valence-electron chi connectivity index (χ3n) is 7.69. The number of benzene rings is 4. The molecule has 0 fully saturated rings. The van der Waals surface area contributed by atoms with Crippen LogP contribution in [0, 0.1) is 0 Å². The van der Waals surface area contributed by atoms with Crippen LogP contribution in [-0.2, 0) is 22.0 Å². The highest BCUT2D eigenvalue weighted by atomic mass is 35.5. The summed E-state index contributed by atoms with van der Waals surface area (Å²) in [5.41, 5.74) is 7.51. The van der Waals surface area contributed by atoms with Crippen molar-refractivity contribution in [3.63, 3.8) is 0 Å². The van der Waals surface area contributed by atoms with E-state index in [4.69, 9.17) is 20.7 Å². The molecule has 7 nitrogen and oxygen atoms in total. The first kappa shape index (κ1) is 32.2. The van der Waals surface area contributed by atoms with Gasteiger partial charge >= 0.3 is 0 Å². The zero-order valence-electron chi connectivity index (χ0n) is 25.3. The summed E-state index contributed by atoms with van der Waals surface area (Å²) in [7, 11) is -4.15. The van der Waals surface area contributed by atoms with Gasteiger partial charge in [-0.1, -0.05) is 104 Å². The zero-order chi connectivity index (χ0) is 32.2. The molecule has 0 bridgehead atoms. The van der Waals surface area contributed by atoms with Gasteiger partial charge in [0.25, 0.3) is 16.0 Å². The second-order valence-electron chi connectivity index (χ2n) is 12.1. The SMILES string of the molecule is CC(C)(C)c1ccc([C@@H](Cc2ccc(C(=O)NCCS(=O)(=O)O)cc2)c2cc(-c3cccc(-c4ccc(Cl)cc4)c3)on2)cc1. The van der Waals surface area contributed by atoms with Gasteiger partial charge in [0.05, 0.1) is 11.4 Å². The first-order valence-corrected chi connectivity index (χ1v) is 16.6. The van der Waals surface area contributed by atoms with Gasteiger partial charge in [-0.3, -0.25) is 9.35 Å². The van der Waals surface area contributed by atoms with Crippen molar-refractivity contribution >= 4 is 27.6 Å². The minimum Gasteiger partial charge on any atom is -0.356 e. The van der Waals surface area contributed by atoms with Crippen LogP contribution in [0.15, 0.2) is 108 Å². The number of carbonyl (C=O) groups is 1. The molecule has 2 N–H and O–H groups in total. The lowest BCUT2D eigenvalue weighted by atomic mass is 9.83. The lowest BCUT2D eigenvalue weighted by molar-refractivity contribution is 0.0956. The summed E-state index contributed by atoms with van der Waals surface area (Å²) in [4.78, 5) is 12.5. The van der Waals surface area contributed by atoms with E-state index in [1.807, 2.05) is 60.7 Å². The lowest BCUT2D eigenvalue weighted by Gasteiger charge is -2.21. The molecule has 232 valence electrons. The molecule has 1 atom stereocenters. The van der Waals surface area contributed by atoms with Crippen LogP contribution >= 0.6 is 11.6 Å². The van der Waals surface area contributed by atoms with Crippen molar-refractivity contribution in [3.8, 4) is 22.5 Å². The van der Waals surface area contributed by atoms with E-state index in [-0.39, 0.29) is 17.9 Å². The summed E-state index contributed by atoms with van der Waals surface area (Å²) in [6.07, 6.45) is 0.607. The van der Waals surface area contributed by atoms with Crippen molar-refractivity contribution < 1.29 is 22.3 Å². The van der Waals surface area contributed by atoms with Crippen molar-refractivity contribution in [1.29, 1.82) is 0 Å². The fraction of sp³-hybridized carbons (Fsp3) is 0.222. The molecular formula is C36H35ClN2O5S. The fourth-order valence-electron chi connectivity index (χ4n) is 5.12. The smallest absolute Gasteiger partial charge is 0.266 e. The number of carbonyl (C=O) groups excluding carboxylic acids is 1. The average Bonchev–Trinajstić information content (AvgIpc) is 3.50. The summed E-state index contributed by atoms with van der Waals surface area (Å²) in [5, 5.41) is 7.72. The van der Waals surface area contributed by atoms with Crippen LogP contribution in [0.2, 0.25) is 5.02 Å². The quantitative estimate of drug-likeness (QED) is 0.150. The summed E-state index contributed by atoms with van der Waals surface area (Å²) in [6.45, 7) is 6.37. The molecule has 1 amide bonds.